The van der Waals surface area contributed by atoms with Gasteiger partial charge < -0.3 is 10.6 Å². The maximum Gasteiger partial charge on any atom is 0.255 e. The Morgan fingerprint density at radius 1 is 1.03 bits per heavy atom. The highest BCUT2D eigenvalue weighted by atomic mass is 32.2. The Morgan fingerprint density at radius 3 is 2.37 bits per heavy atom. The molecule has 30 heavy (non-hydrogen) atoms. The van der Waals surface area contributed by atoms with E-state index in [4.69, 9.17) is 0 Å². The molecular weight excluding hydrogens is 402 g/mol. The third-order valence-corrected chi connectivity index (χ3v) is 7.14. The summed E-state index contributed by atoms with van der Waals surface area (Å²) < 4.78 is 27.0. The van der Waals surface area contributed by atoms with Gasteiger partial charge in [-0.05, 0) is 55.7 Å². The molecule has 2 amide bonds. The molecule has 0 aliphatic heterocycles. The van der Waals surface area contributed by atoms with Gasteiger partial charge in [-0.3, -0.25) is 9.59 Å². The highest BCUT2D eigenvalue weighted by Gasteiger charge is 2.25. The quantitative estimate of drug-likeness (QED) is 0.674. The van der Waals surface area contributed by atoms with Crippen LogP contribution in [0.15, 0.2) is 47.4 Å². The van der Waals surface area contributed by atoms with E-state index in [9.17, 15) is 18.0 Å². The Morgan fingerprint density at radius 2 is 1.73 bits per heavy atom. The van der Waals surface area contributed by atoms with E-state index < -0.39 is 15.9 Å². The molecule has 0 aromatic heterocycles. The van der Waals surface area contributed by atoms with E-state index in [2.05, 4.69) is 10.6 Å². The molecule has 0 heterocycles. The third kappa shape index (κ3) is 4.88. The molecule has 0 bridgehead atoms. The fraction of sp³-hybridized carbons (Fsp3) is 0.364. The van der Waals surface area contributed by atoms with Gasteiger partial charge in [0.05, 0.1) is 4.90 Å². The monoisotopic (exact) mass is 429 g/mol. The second-order valence-electron chi connectivity index (χ2n) is 7.35. The SMILES string of the molecule is CCN(CC)S(=O)(=O)c1ccc(C)c(C(=O)Nc2cccc(C(=O)NC3CC3)c2)c1. The number of hydrogen-bond donors (Lipinski definition) is 2. The van der Waals surface area contributed by atoms with Gasteiger partial charge in [-0.15, -0.1) is 0 Å². The molecule has 0 saturated heterocycles. The van der Waals surface area contributed by atoms with Crippen LogP contribution < -0.4 is 10.6 Å². The van der Waals surface area contributed by atoms with Crippen LogP contribution in [-0.4, -0.2) is 43.7 Å². The zero-order valence-corrected chi connectivity index (χ0v) is 18.3. The van der Waals surface area contributed by atoms with Crippen LogP contribution in [0.3, 0.4) is 0 Å². The van der Waals surface area contributed by atoms with Crippen molar-refractivity contribution in [2.75, 3.05) is 18.4 Å². The molecule has 2 aromatic rings. The van der Waals surface area contributed by atoms with Gasteiger partial charge in [0.15, 0.2) is 0 Å². The number of nitrogens with one attached hydrogen (secondary N) is 2. The fourth-order valence-corrected chi connectivity index (χ4v) is 4.64. The highest BCUT2D eigenvalue weighted by Crippen LogP contribution is 2.22. The number of amides is 2. The average Bonchev–Trinajstić information content (AvgIpc) is 3.53. The Kier molecular flexibility index (Phi) is 6.58. The van der Waals surface area contributed by atoms with Crippen molar-refractivity contribution in [3.63, 3.8) is 0 Å². The van der Waals surface area contributed by atoms with Crippen LogP contribution in [-0.2, 0) is 10.0 Å². The standard InChI is InChI=1S/C22H27N3O4S/c1-4-25(5-2)30(28,29)19-12-9-15(3)20(14-19)22(27)24-18-8-6-7-16(13-18)21(26)23-17-10-11-17/h6-9,12-14,17H,4-5,10-11H2,1-3H3,(H,23,26)(H,24,27). The number of hydrogen-bond acceptors (Lipinski definition) is 4. The summed E-state index contributed by atoms with van der Waals surface area (Å²) in [4.78, 5) is 25.2. The number of nitrogens with zero attached hydrogens (tertiary/aromatic N) is 1. The van der Waals surface area contributed by atoms with Gasteiger partial charge in [-0.1, -0.05) is 26.0 Å². The smallest absolute Gasteiger partial charge is 0.255 e. The first-order chi connectivity index (χ1) is 14.3. The molecule has 160 valence electrons. The van der Waals surface area contributed by atoms with E-state index in [0.29, 0.717) is 29.9 Å². The first-order valence-corrected chi connectivity index (χ1v) is 11.5. The number of aryl methyl sites for hydroxylation is 1. The lowest BCUT2D eigenvalue weighted by Crippen LogP contribution is -2.30. The Bertz CT molecular complexity index is 1060. The molecule has 7 nitrogen and oxygen atoms in total. The first-order valence-electron chi connectivity index (χ1n) is 10.1. The van der Waals surface area contributed by atoms with Crippen LogP contribution in [0.1, 0.15) is 53.0 Å². The number of benzene rings is 2. The van der Waals surface area contributed by atoms with Crippen LogP contribution in [0.2, 0.25) is 0 Å². The fourth-order valence-electron chi connectivity index (χ4n) is 3.15. The molecule has 1 aliphatic carbocycles. The minimum Gasteiger partial charge on any atom is -0.349 e. The van der Waals surface area contributed by atoms with Crippen LogP contribution in [0.4, 0.5) is 5.69 Å². The molecule has 0 radical (unpaired) electrons. The summed E-state index contributed by atoms with van der Waals surface area (Å²) in [5.41, 5.74) is 1.87. The predicted octanol–water partition coefficient (Wildman–Crippen LogP) is 3.17. The van der Waals surface area contributed by atoms with E-state index in [1.807, 2.05) is 0 Å². The van der Waals surface area contributed by atoms with Gasteiger partial charge in [-0.25, -0.2) is 8.42 Å². The maximum atomic E-state index is 12.9. The Labute approximate surface area is 177 Å². The van der Waals surface area contributed by atoms with E-state index in [-0.39, 0.29) is 22.4 Å². The van der Waals surface area contributed by atoms with Crippen molar-refractivity contribution >= 4 is 27.5 Å². The van der Waals surface area contributed by atoms with Gasteiger partial charge in [0.1, 0.15) is 0 Å². The van der Waals surface area contributed by atoms with Gasteiger partial charge >= 0.3 is 0 Å². The van der Waals surface area contributed by atoms with Crippen molar-refractivity contribution in [2.24, 2.45) is 0 Å². The van der Waals surface area contributed by atoms with Gasteiger partial charge in [-0.2, -0.15) is 4.31 Å². The molecule has 3 rings (SSSR count). The lowest BCUT2D eigenvalue weighted by atomic mass is 10.1. The molecule has 0 spiro atoms. The highest BCUT2D eigenvalue weighted by molar-refractivity contribution is 7.89. The van der Waals surface area contributed by atoms with Crippen LogP contribution in [0.5, 0.6) is 0 Å². The van der Waals surface area contributed by atoms with Crippen LogP contribution >= 0.6 is 0 Å². The van der Waals surface area contributed by atoms with Crippen molar-refractivity contribution in [3.8, 4) is 0 Å². The molecule has 2 aromatic carbocycles. The van der Waals surface area contributed by atoms with Gasteiger partial charge in [0.2, 0.25) is 10.0 Å². The lowest BCUT2D eigenvalue weighted by Gasteiger charge is -2.19. The normalized spacial score (nSPS) is 13.9. The number of rotatable bonds is 8. The van der Waals surface area contributed by atoms with E-state index in [0.717, 1.165) is 12.8 Å². The first kappa shape index (κ1) is 22.0. The minimum absolute atomic E-state index is 0.0829. The second-order valence-corrected chi connectivity index (χ2v) is 9.29. The van der Waals surface area contributed by atoms with Gasteiger partial charge in [0, 0.05) is 35.9 Å². The summed E-state index contributed by atoms with van der Waals surface area (Å²) in [6, 6.07) is 11.5. The van der Waals surface area contributed by atoms with E-state index in [1.165, 1.54) is 16.4 Å². The van der Waals surface area contributed by atoms with E-state index in [1.54, 1.807) is 51.1 Å². The third-order valence-electron chi connectivity index (χ3n) is 5.09. The summed E-state index contributed by atoms with van der Waals surface area (Å²) in [6.07, 6.45) is 1.99. The van der Waals surface area contributed by atoms with Crippen molar-refractivity contribution < 1.29 is 18.0 Å². The maximum absolute atomic E-state index is 12.9. The predicted molar refractivity (Wildman–Crippen MR) is 116 cm³/mol. The number of anilines is 1. The lowest BCUT2D eigenvalue weighted by molar-refractivity contribution is 0.0949. The molecule has 8 heteroatoms. The van der Waals surface area contributed by atoms with E-state index >= 15 is 0 Å². The Hall–Kier alpha value is -2.71. The average molecular weight is 430 g/mol. The van der Waals surface area contributed by atoms with Crippen molar-refractivity contribution in [2.45, 2.75) is 44.6 Å². The summed E-state index contributed by atoms with van der Waals surface area (Å²) in [7, 11) is -3.67. The van der Waals surface area contributed by atoms with Crippen molar-refractivity contribution in [1.82, 2.24) is 9.62 Å². The summed E-state index contributed by atoms with van der Waals surface area (Å²) in [5.74, 6) is -0.596. The summed E-state index contributed by atoms with van der Waals surface area (Å²) in [5, 5.41) is 5.69. The zero-order chi connectivity index (χ0) is 21.9. The Balaban J connectivity index is 1.82. The molecule has 2 N–H and O–H groups in total. The second kappa shape index (κ2) is 8.97. The molecule has 0 unspecified atom stereocenters. The largest absolute Gasteiger partial charge is 0.349 e. The minimum atomic E-state index is -3.67. The van der Waals surface area contributed by atoms with Crippen LogP contribution in [0, 0.1) is 6.92 Å². The zero-order valence-electron chi connectivity index (χ0n) is 17.4. The molecule has 1 aliphatic rings. The molecule has 1 saturated carbocycles. The number of carbonyl (C=O) groups is 2. The van der Waals surface area contributed by atoms with Gasteiger partial charge in [0.25, 0.3) is 11.8 Å². The topological polar surface area (TPSA) is 95.6 Å². The number of sulfonamides is 1. The van der Waals surface area contributed by atoms with Crippen molar-refractivity contribution in [3.05, 3.63) is 59.2 Å². The molecule has 1 fully saturated rings. The molecule has 0 atom stereocenters. The number of carbonyl (C=O) groups excluding carboxylic acids is 2. The van der Waals surface area contributed by atoms with Crippen LogP contribution in [0.25, 0.3) is 0 Å². The summed E-state index contributed by atoms with van der Waals surface area (Å²) >= 11 is 0. The summed E-state index contributed by atoms with van der Waals surface area (Å²) in [6.45, 7) is 6.00. The molecular formula is C22H27N3O4S. The van der Waals surface area contributed by atoms with Crippen molar-refractivity contribution in [1.29, 1.82) is 0 Å².